The van der Waals surface area contributed by atoms with Crippen LogP contribution >= 0.6 is 24.2 Å². The van der Waals surface area contributed by atoms with E-state index in [4.69, 9.17) is 0 Å². The third-order valence-corrected chi connectivity index (χ3v) is 3.18. The average Bonchev–Trinajstić information content (AvgIpc) is 2.58. The lowest BCUT2D eigenvalue weighted by Gasteiger charge is -2.01. The molecule has 0 bridgehead atoms. The quantitative estimate of drug-likeness (QED) is 0.839. The zero-order chi connectivity index (χ0) is 10.8. The van der Waals surface area contributed by atoms with Crippen LogP contribution in [0, 0.1) is 13.8 Å². The van der Waals surface area contributed by atoms with Crippen molar-refractivity contribution in [3.63, 3.8) is 0 Å². The van der Waals surface area contributed by atoms with Gasteiger partial charge in [0.15, 0.2) is 5.17 Å². The minimum absolute atomic E-state index is 0. The fourth-order valence-corrected chi connectivity index (χ4v) is 1.99. The number of halogens is 1. The van der Waals surface area contributed by atoms with Crippen LogP contribution in [0.1, 0.15) is 11.1 Å². The van der Waals surface area contributed by atoms with Gasteiger partial charge in [0.1, 0.15) is 0 Å². The molecule has 1 heterocycles. The first-order valence-corrected chi connectivity index (χ1v) is 5.72. The lowest BCUT2D eigenvalue weighted by Crippen LogP contribution is -2.19. The first-order chi connectivity index (χ1) is 7.15. The van der Waals surface area contributed by atoms with Crippen LogP contribution in [-0.2, 0) is 4.79 Å². The third kappa shape index (κ3) is 3.00. The number of carbonyl (C=O) groups is 1. The smallest absolute Gasteiger partial charge is 0.236 e. The zero-order valence-corrected chi connectivity index (χ0v) is 10.7. The van der Waals surface area contributed by atoms with Gasteiger partial charge in [0, 0.05) is 0 Å². The second-order valence-electron chi connectivity index (χ2n) is 3.52. The Bertz CT molecular complexity index is 446. The highest BCUT2D eigenvalue weighted by molar-refractivity contribution is 8.15. The molecular formula is C11H13ClN2OS. The predicted octanol–water partition coefficient (Wildman–Crippen LogP) is 2.58. The van der Waals surface area contributed by atoms with Gasteiger partial charge in [0.2, 0.25) is 5.91 Å². The van der Waals surface area contributed by atoms with Crippen LogP contribution < -0.4 is 5.32 Å². The Hall–Kier alpha value is -1.00. The van der Waals surface area contributed by atoms with Gasteiger partial charge in [-0.3, -0.25) is 4.79 Å². The molecule has 2 rings (SSSR count). The maximum atomic E-state index is 11.0. The minimum atomic E-state index is 0. The monoisotopic (exact) mass is 256 g/mol. The molecule has 0 atom stereocenters. The molecule has 0 radical (unpaired) electrons. The predicted molar refractivity (Wildman–Crippen MR) is 70.9 cm³/mol. The van der Waals surface area contributed by atoms with Crippen molar-refractivity contribution in [2.45, 2.75) is 13.8 Å². The topological polar surface area (TPSA) is 41.5 Å². The minimum Gasteiger partial charge on any atom is -0.304 e. The molecule has 1 amide bonds. The number of amides is 1. The van der Waals surface area contributed by atoms with Gasteiger partial charge in [-0.2, -0.15) is 0 Å². The van der Waals surface area contributed by atoms with Gasteiger partial charge in [0.05, 0.1) is 11.4 Å². The maximum absolute atomic E-state index is 11.0. The number of benzene rings is 1. The molecule has 0 aromatic heterocycles. The van der Waals surface area contributed by atoms with Gasteiger partial charge in [0.25, 0.3) is 0 Å². The summed E-state index contributed by atoms with van der Waals surface area (Å²) in [7, 11) is 0. The molecule has 1 aromatic carbocycles. The molecule has 0 unspecified atom stereocenters. The van der Waals surface area contributed by atoms with E-state index in [0.29, 0.717) is 10.9 Å². The Labute approximate surface area is 105 Å². The van der Waals surface area contributed by atoms with E-state index in [1.807, 2.05) is 18.2 Å². The normalized spacial score (nSPS) is 17.1. The van der Waals surface area contributed by atoms with Crippen LogP contribution in [0.5, 0.6) is 0 Å². The van der Waals surface area contributed by atoms with Crippen molar-refractivity contribution in [1.29, 1.82) is 0 Å². The lowest BCUT2D eigenvalue weighted by molar-refractivity contribution is -0.116. The molecule has 0 saturated carbocycles. The first kappa shape index (κ1) is 13.1. The first-order valence-electron chi connectivity index (χ1n) is 4.74. The van der Waals surface area contributed by atoms with E-state index in [1.54, 1.807) is 0 Å². The van der Waals surface area contributed by atoms with E-state index < -0.39 is 0 Å². The van der Waals surface area contributed by atoms with E-state index in [0.717, 1.165) is 5.69 Å². The largest absolute Gasteiger partial charge is 0.304 e. The van der Waals surface area contributed by atoms with Gasteiger partial charge in [-0.25, -0.2) is 4.99 Å². The maximum Gasteiger partial charge on any atom is 0.236 e. The summed E-state index contributed by atoms with van der Waals surface area (Å²) in [6.07, 6.45) is 0. The van der Waals surface area contributed by atoms with Crippen molar-refractivity contribution in [3.8, 4) is 0 Å². The van der Waals surface area contributed by atoms with Crippen LogP contribution in [0.2, 0.25) is 0 Å². The summed E-state index contributed by atoms with van der Waals surface area (Å²) < 4.78 is 0. The zero-order valence-electron chi connectivity index (χ0n) is 9.11. The van der Waals surface area contributed by atoms with Crippen LogP contribution in [0.25, 0.3) is 0 Å². The van der Waals surface area contributed by atoms with Crippen molar-refractivity contribution in [1.82, 2.24) is 5.32 Å². The Morgan fingerprint density at radius 3 is 2.62 bits per heavy atom. The molecule has 1 fully saturated rings. The SMILES string of the molecule is Cc1ccc(N=C2NC(=O)CS2)cc1C.Cl. The Balaban J connectivity index is 0.00000128. The number of thioether (sulfide) groups is 1. The van der Waals surface area contributed by atoms with Crippen molar-refractivity contribution < 1.29 is 4.79 Å². The summed E-state index contributed by atoms with van der Waals surface area (Å²) in [5, 5.41) is 3.41. The highest BCUT2D eigenvalue weighted by Gasteiger charge is 2.16. The second kappa shape index (κ2) is 5.37. The number of aliphatic imine (C=N–C) groups is 1. The van der Waals surface area contributed by atoms with Crippen LogP contribution in [0.15, 0.2) is 23.2 Å². The van der Waals surface area contributed by atoms with E-state index >= 15 is 0 Å². The van der Waals surface area contributed by atoms with Crippen LogP contribution in [0.4, 0.5) is 5.69 Å². The van der Waals surface area contributed by atoms with E-state index in [9.17, 15) is 4.79 Å². The van der Waals surface area contributed by atoms with Crippen molar-refractivity contribution in [2.24, 2.45) is 4.99 Å². The Morgan fingerprint density at radius 2 is 2.06 bits per heavy atom. The standard InChI is InChI=1S/C11H12N2OS.ClH/c1-7-3-4-9(5-8(7)2)12-11-13-10(14)6-15-11;/h3-5H,6H2,1-2H3,(H,12,13,14);1H. The van der Waals surface area contributed by atoms with Crippen molar-refractivity contribution in [3.05, 3.63) is 29.3 Å². The summed E-state index contributed by atoms with van der Waals surface area (Å²) in [6.45, 7) is 4.12. The lowest BCUT2D eigenvalue weighted by atomic mass is 10.1. The molecule has 16 heavy (non-hydrogen) atoms. The van der Waals surface area contributed by atoms with Crippen LogP contribution in [-0.4, -0.2) is 16.8 Å². The van der Waals surface area contributed by atoms with E-state index in [-0.39, 0.29) is 18.3 Å². The number of hydrogen-bond acceptors (Lipinski definition) is 3. The van der Waals surface area contributed by atoms with Gasteiger partial charge < -0.3 is 5.32 Å². The van der Waals surface area contributed by atoms with Gasteiger partial charge in [-0.15, -0.1) is 12.4 Å². The highest BCUT2D eigenvalue weighted by atomic mass is 35.5. The van der Waals surface area contributed by atoms with Crippen molar-refractivity contribution in [2.75, 3.05) is 5.75 Å². The molecule has 1 saturated heterocycles. The molecule has 1 N–H and O–H groups in total. The summed E-state index contributed by atoms with van der Waals surface area (Å²) in [5.74, 6) is 0.506. The van der Waals surface area contributed by atoms with E-state index in [2.05, 4.69) is 24.2 Å². The average molecular weight is 257 g/mol. The van der Waals surface area contributed by atoms with Gasteiger partial charge >= 0.3 is 0 Å². The fraction of sp³-hybridized carbons (Fsp3) is 0.273. The molecule has 86 valence electrons. The molecule has 1 aliphatic heterocycles. The molecule has 1 aromatic rings. The highest BCUT2D eigenvalue weighted by Crippen LogP contribution is 2.20. The second-order valence-corrected chi connectivity index (χ2v) is 4.49. The summed E-state index contributed by atoms with van der Waals surface area (Å²) in [5.41, 5.74) is 3.36. The number of aryl methyl sites for hydroxylation is 2. The molecule has 1 aliphatic rings. The molecule has 0 aliphatic carbocycles. The van der Waals surface area contributed by atoms with Gasteiger partial charge in [-0.1, -0.05) is 17.8 Å². The summed E-state index contributed by atoms with van der Waals surface area (Å²) in [6, 6.07) is 6.02. The van der Waals surface area contributed by atoms with Crippen LogP contribution in [0.3, 0.4) is 0 Å². The molecule has 5 heteroatoms. The number of amidine groups is 1. The molecule has 3 nitrogen and oxygen atoms in total. The number of rotatable bonds is 1. The molecule has 0 spiro atoms. The number of nitrogens with one attached hydrogen (secondary N) is 1. The Kier molecular flexibility index (Phi) is 4.38. The third-order valence-electron chi connectivity index (χ3n) is 2.31. The number of nitrogens with zero attached hydrogens (tertiary/aromatic N) is 1. The molecular weight excluding hydrogens is 244 g/mol. The van der Waals surface area contributed by atoms with Crippen molar-refractivity contribution >= 4 is 40.9 Å². The number of hydrogen-bond donors (Lipinski definition) is 1. The summed E-state index contributed by atoms with van der Waals surface area (Å²) >= 11 is 1.44. The summed E-state index contributed by atoms with van der Waals surface area (Å²) in [4.78, 5) is 15.3. The Morgan fingerprint density at radius 1 is 1.31 bits per heavy atom. The fourth-order valence-electron chi connectivity index (χ4n) is 1.30. The number of carbonyl (C=O) groups excluding carboxylic acids is 1. The van der Waals surface area contributed by atoms with E-state index in [1.165, 1.54) is 22.9 Å². The van der Waals surface area contributed by atoms with Gasteiger partial charge in [-0.05, 0) is 37.1 Å².